The first kappa shape index (κ1) is 18.4. The quantitative estimate of drug-likeness (QED) is 0.615. The molecule has 1 N–H and O–H groups in total. The molecule has 1 aliphatic rings. The van der Waals surface area contributed by atoms with Crippen molar-refractivity contribution in [3.8, 4) is 0 Å². The molecule has 0 atom stereocenters. The molecule has 0 bridgehead atoms. The first-order chi connectivity index (χ1) is 12.5. The summed E-state index contributed by atoms with van der Waals surface area (Å²) in [5.41, 5.74) is -0.0121. The van der Waals surface area contributed by atoms with Crippen LogP contribution >= 0.6 is 11.6 Å². The monoisotopic (exact) mass is 377 g/mol. The minimum Gasteiger partial charge on any atom is -0.468 e. The van der Waals surface area contributed by atoms with E-state index in [4.69, 9.17) is 16.0 Å². The zero-order valence-corrected chi connectivity index (χ0v) is 14.9. The average molecular weight is 378 g/mol. The van der Waals surface area contributed by atoms with Gasteiger partial charge in [0.25, 0.3) is 11.6 Å². The van der Waals surface area contributed by atoms with E-state index in [0.29, 0.717) is 12.5 Å². The van der Waals surface area contributed by atoms with E-state index < -0.39 is 4.92 Å². The number of nitrogens with zero attached hydrogens (tertiary/aromatic N) is 2. The molecule has 1 aromatic carbocycles. The fraction of sp³-hybridized carbons (Fsp3) is 0.389. The van der Waals surface area contributed by atoms with E-state index in [9.17, 15) is 14.9 Å². The van der Waals surface area contributed by atoms with E-state index >= 15 is 0 Å². The molecule has 138 valence electrons. The summed E-state index contributed by atoms with van der Waals surface area (Å²) in [6.07, 6.45) is 3.63. The van der Waals surface area contributed by atoms with Crippen molar-refractivity contribution < 1.29 is 14.1 Å². The summed E-state index contributed by atoms with van der Waals surface area (Å²) in [7, 11) is 0. The number of benzene rings is 1. The van der Waals surface area contributed by atoms with Crippen molar-refractivity contribution in [1.82, 2.24) is 10.2 Å². The molecule has 26 heavy (non-hydrogen) atoms. The van der Waals surface area contributed by atoms with Crippen molar-refractivity contribution in [3.63, 3.8) is 0 Å². The number of furan rings is 1. The summed E-state index contributed by atoms with van der Waals surface area (Å²) in [5.74, 6) is 0.957. The molecular formula is C18H20ClN3O4. The molecule has 1 aromatic heterocycles. The van der Waals surface area contributed by atoms with E-state index in [0.717, 1.165) is 38.2 Å². The Morgan fingerprint density at radius 3 is 2.77 bits per heavy atom. The molecule has 1 fully saturated rings. The summed E-state index contributed by atoms with van der Waals surface area (Å²) < 4.78 is 5.37. The zero-order valence-electron chi connectivity index (χ0n) is 14.2. The minimum atomic E-state index is -0.540. The number of halogens is 1. The number of hydrogen-bond donors (Lipinski definition) is 1. The number of carbonyl (C=O) groups excluding carboxylic acids is 1. The van der Waals surface area contributed by atoms with Gasteiger partial charge in [-0.1, -0.05) is 11.6 Å². The number of piperidine rings is 1. The van der Waals surface area contributed by atoms with Gasteiger partial charge in [-0.2, -0.15) is 0 Å². The summed E-state index contributed by atoms with van der Waals surface area (Å²) in [6.45, 7) is 3.22. The van der Waals surface area contributed by atoms with Gasteiger partial charge in [-0.15, -0.1) is 0 Å². The van der Waals surface area contributed by atoms with E-state index in [1.54, 1.807) is 6.26 Å². The maximum absolute atomic E-state index is 12.3. The highest BCUT2D eigenvalue weighted by atomic mass is 35.5. The van der Waals surface area contributed by atoms with Gasteiger partial charge >= 0.3 is 0 Å². The second-order valence-corrected chi connectivity index (χ2v) is 6.84. The lowest BCUT2D eigenvalue weighted by Gasteiger charge is -2.31. The van der Waals surface area contributed by atoms with Crippen LogP contribution in [-0.4, -0.2) is 35.4 Å². The minimum absolute atomic E-state index is 0.135. The second kappa shape index (κ2) is 8.33. The molecule has 0 saturated carbocycles. The van der Waals surface area contributed by atoms with Gasteiger partial charge in [-0.3, -0.25) is 19.8 Å². The van der Waals surface area contributed by atoms with Gasteiger partial charge in [0.15, 0.2) is 0 Å². The number of likely N-dealkylation sites (tertiary alicyclic amines) is 1. The molecule has 1 amide bonds. The molecule has 1 saturated heterocycles. The second-order valence-electron chi connectivity index (χ2n) is 6.43. The normalized spacial score (nSPS) is 15.7. The van der Waals surface area contributed by atoms with Crippen LogP contribution in [0, 0.1) is 16.0 Å². The van der Waals surface area contributed by atoms with Crippen LogP contribution in [0.3, 0.4) is 0 Å². The summed E-state index contributed by atoms with van der Waals surface area (Å²) in [5, 5.41) is 13.9. The van der Waals surface area contributed by atoms with E-state index in [1.807, 2.05) is 12.1 Å². The molecule has 3 rings (SSSR count). The third-order valence-corrected chi connectivity index (χ3v) is 4.95. The number of nitro benzene ring substituents is 1. The summed E-state index contributed by atoms with van der Waals surface area (Å²) in [6, 6.07) is 7.73. The lowest BCUT2D eigenvalue weighted by molar-refractivity contribution is -0.384. The van der Waals surface area contributed by atoms with Gasteiger partial charge in [0, 0.05) is 18.7 Å². The van der Waals surface area contributed by atoms with Crippen molar-refractivity contribution in [2.75, 3.05) is 19.6 Å². The lowest BCUT2D eigenvalue weighted by Crippen LogP contribution is -2.38. The SMILES string of the molecule is O=C(NCC1CCN(Cc2ccco2)CC1)c1cc([N+](=O)[O-])ccc1Cl. The van der Waals surface area contributed by atoms with Crippen molar-refractivity contribution in [1.29, 1.82) is 0 Å². The molecule has 1 aliphatic heterocycles. The van der Waals surface area contributed by atoms with Crippen LogP contribution in [0.4, 0.5) is 5.69 Å². The number of nitro groups is 1. The lowest BCUT2D eigenvalue weighted by atomic mass is 9.96. The molecule has 2 aromatic rings. The van der Waals surface area contributed by atoms with Crippen molar-refractivity contribution in [2.45, 2.75) is 19.4 Å². The van der Waals surface area contributed by atoms with Crippen LogP contribution in [0.1, 0.15) is 29.0 Å². The smallest absolute Gasteiger partial charge is 0.270 e. The van der Waals surface area contributed by atoms with Crippen molar-refractivity contribution in [2.24, 2.45) is 5.92 Å². The molecule has 0 unspecified atom stereocenters. The highest BCUT2D eigenvalue weighted by molar-refractivity contribution is 6.33. The van der Waals surface area contributed by atoms with Crippen LogP contribution in [0.15, 0.2) is 41.0 Å². The van der Waals surface area contributed by atoms with Gasteiger partial charge in [0.1, 0.15) is 5.76 Å². The predicted molar refractivity (Wildman–Crippen MR) is 97.1 cm³/mol. The Hall–Kier alpha value is -2.38. The van der Waals surface area contributed by atoms with Gasteiger partial charge in [-0.05, 0) is 50.0 Å². The average Bonchev–Trinajstić information content (AvgIpc) is 3.14. The molecule has 8 heteroatoms. The topological polar surface area (TPSA) is 88.6 Å². The zero-order chi connectivity index (χ0) is 18.5. The van der Waals surface area contributed by atoms with Gasteiger partial charge in [-0.25, -0.2) is 0 Å². The third-order valence-electron chi connectivity index (χ3n) is 4.62. The number of carbonyl (C=O) groups is 1. The number of amides is 1. The number of nitrogens with one attached hydrogen (secondary N) is 1. The van der Waals surface area contributed by atoms with E-state index in [2.05, 4.69) is 10.2 Å². The maximum atomic E-state index is 12.3. The largest absolute Gasteiger partial charge is 0.468 e. The Labute approximate surface area is 156 Å². The maximum Gasteiger partial charge on any atom is 0.270 e. The van der Waals surface area contributed by atoms with E-state index in [1.165, 1.54) is 18.2 Å². The Morgan fingerprint density at radius 1 is 1.35 bits per heavy atom. The number of rotatable bonds is 6. The first-order valence-electron chi connectivity index (χ1n) is 8.50. The Morgan fingerprint density at radius 2 is 2.12 bits per heavy atom. The third kappa shape index (κ3) is 4.62. The Kier molecular flexibility index (Phi) is 5.90. The van der Waals surface area contributed by atoms with Crippen molar-refractivity contribution >= 4 is 23.2 Å². The van der Waals surface area contributed by atoms with Crippen molar-refractivity contribution in [3.05, 3.63) is 63.1 Å². The predicted octanol–water partition coefficient (Wildman–Crippen LogP) is 3.48. The summed E-state index contributed by atoms with van der Waals surface area (Å²) >= 11 is 6.01. The van der Waals surface area contributed by atoms with Crippen LogP contribution in [0.2, 0.25) is 5.02 Å². The fourth-order valence-corrected chi connectivity index (χ4v) is 3.31. The fourth-order valence-electron chi connectivity index (χ4n) is 3.10. The number of hydrogen-bond acceptors (Lipinski definition) is 5. The highest BCUT2D eigenvalue weighted by Gasteiger charge is 2.21. The molecule has 0 radical (unpaired) electrons. The number of non-ortho nitro benzene ring substituents is 1. The standard InChI is InChI=1S/C18H20ClN3O4/c19-17-4-3-14(22(24)25)10-16(17)18(23)20-11-13-5-7-21(8-6-13)12-15-2-1-9-26-15/h1-4,9-10,13H,5-8,11-12H2,(H,20,23). The summed E-state index contributed by atoms with van der Waals surface area (Å²) in [4.78, 5) is 25.0. The molecule has 7 nitrogen and oxygen atoms in total. The van der Waals surface area contributed by atoms with Gasteiger partial charge in [0.05, 0.1) is 28.3 Å². The first-order valence-corrected chi connectivity index (χ1v) is 8.87. The van der Waals surface area contributed by atoms with E-state index in [-0.39, 0.29) is 22.2 Å². The van der Waals surface area contributed by atoms with Gasteiger partial charge in [0.2, 0.25) is 0 Å². The van der Waals surface area contributed by atoms with Crippen LogP contribution in [0.5, 0.6) is 0 Å². The molecule has 2 heterocycles. The molecule has 0 aliphatic carbocycles. The Balaban J connectivity index is 1.48. The molecular weight excluding hydrogens is 358 g/mol. The van der Waals surface area contributed by atoms with Crippen LogP contribution in [0.25, 0.3) is 0 Å². The van der Waals surface area contributed by atoms with Gasteiger partial charge < -0.3 is 9.73 Å². The van der Waals surface area contributed by atoms with Crippen LogP contribution in [-0.2, 0) is 6.54 Å². The molecule has 0 spiro atoms. The Bertz CT molecular complexity index is 771. The van der Waals surface area contributed by atoms with Crippen LogP contribution < -0.4 is 5.32 Å². The highest BCUT2D eigenvalue weighted by Crippen LogP contribution is 2.23.